The number of nitrogens with one attached hydrogen (secondary N) is 1. The van der Waals surface area contributed by atoms with Gasteiger partial charge in [0, 0.05) is 67.9 Å². The number of ether oxygens (including phenoxy) is 1. The van der Waals surface area contributed by atoms with Crippen molar-refractivity contribution in [1.82, 2.24) is 14.9 Å². The number of piperazine rings is 1. The summed E-state index contributed by atoms with van der Waals surface area (Å²) in [6.07, 6.45) is 1.93. The van der Waals surface area contributed by atoms with Crippen molar-refractivity contribution in [2.45, 2.75) is 0 Å². The number of rotatable bonds is 5. The predicted octanol–water partition coefficient (Wildman–Crippen LogP) is 4.63. The molecule has 2 fully saturated rings. The zero-order valence-electron chi connectivity index (χ0n) is 20.7. The summed E-state index contributed by atoms with van der Waals surface area (Å²) in [5.41, 5.74) is 6.71. The Morgan fingerprint density at radius 1 is 0.778 bits per heavy atom. The minimum absolute atomic E-state index is 0.609. The Bertz CT molecular complexity index is 1330. The summed E-state index contributed by atoms with van der Waals surface area (Å²) in [5, 5.41) is 4.46. The van der Waals surface area contributed by atoms with Gasteiger partial charge in [0.25, 0.3) is 0 Å². The molecule has 0 saturated carbocycles. The van der Waals surface area contributed by atoms with Gasteiger partial charge in [0.1, 0.15) is 0 Å². The van der Waals surface area contributed by atoms with Crippen LogP contribution in [0.3, 0.4) is 0 Å². The highest BCUT2D eigenvalue weighted by molar-refractivity contribution is 5.94. The average Bonchev–Trinajstić information content (AvgIpc) is 2.94. The maximum Gasteiger partial charge on any atom is 0.227 e. The van der Waals surface area contributed by atoms with Gasteiger partial charge in [0.2, 0.25) is 5.95 Å². The van der Waals surface area contributed by atoms with Crippen molar-refractivity contribution < 1.29 is 4.74 Å². The lowest BCUT2D eigenvalue weighted by molar-refractivity contribution is 0.122. The number of anilines is 4. The van der Waals surface area contributed by atoms with Crippen LogP contribution in [0, 0.1) is 0 Å². The summed E-state index contributed by atoms with van der Waals surface area (Å²) >= 11 is 0. The van der Waals surface area contributed by atoms with Gasteiger partial charge in [-0.1, -0.05) is 30.3 Å². The van der Waals surface area contributed by atoms with Crippen LogP contribution >= 0.6 is 0 Å². The number of aromatic nitrogens is 2. The van der Waals surface area contributed by atoms with Crippen LogP contribution in [0.5, 0.6) is 0 Å². The summed E-state index contributed by atoms with van der Waals surface area (Å²) in [6, 6.07) is 23.6. The van der Waals surface area contributed by atoms with Crippen LogP contribution in [0.25, 0.3) is 22.0 Å². The highest BCUT2D eigenvalue weighted by atomic mass is 16.5. The van der Waals surface area contributed by atoms with Crippen molar-refractivity contribution in [2.24, 2.45) is 0 Å². The van der Waals surface area contributed by atoms with Gasteiger partial charge in [-0.15, -0.1) is 0 Å². The molecular formula is C29H32N6O. The normalized spacial score (nSPS) is 16.9. The van der Waals surface area contributed by atoms with Gasteiger partial charge in [-0.05, 0) is 54.6 Å². The molecule has 6 rings (SSSR count). The van der Waals surface area contributed by atoms with Crippen LogP contribution in [-0.4, -0.2) is 74.4 Å². The number of likely N-dealkylation sites (N-methyl/N-ethyl adjacent to an activating group) is 1. The topological polar surface area (TPSA) is 56.8 Å². The summed E-state index contributed by atoms with van der Waals surface area (Å²) in [4.78, 5) is 16.7. The third-order valence-electron chi connectivity index (χ3n) is 7.15. The molecule has 0 bridgehead atoms. The number of morpholine rings is 1. The molecule has 0 aliphatic carbocycles. The summed E-state index contributed by atoms with van der Waals surface area (Å²) < 4.78 is 5.48. The summed E-state index contributed by atoms with van der Waals surface area (Å²) in [6.45, 7) is 7.72. The van der Waals surface area contributed by atoms with Crippen molar-refractivity contribution in [2.75, 3.05) is 74.6 Å². The molecule has 3 aromatic carbocycles. The highest BCUT2D eigenvalue weighted by Crippen LogP contribution is 2.30. The van der Waals surface area contributed by atoms with Crippen LogP contribution < -0.4 is 15.1 Å². The van der Waals surface area contributed by atoms with Gasteiger partial charge in [0.05, 0.1) is 18.7 Å². The molecule has 0 atom stereocenters. The van der Waals surface area contributed by atoms with E-state index in [-0.39, 0.29) is 0 Å². The second kappa shape index (κ2) is 10.1. The molecule has 36 heavy (non-hydrogen) atoms. The fraction of sp³-hybridized carbons (Fsp3) is 0.310. The molecule has 1 N–H and O–H groups in total. The first-order valence-corrected chi connectivity index (χ1v) is 12.7. The second-order valence-corrected chi connectivity index (χ2v) is 9.54. The lowest BCUT2D eigenvalue weighted by Gasteiger charge is -2.34. The van der Waals surface area contributed by atoms with Gasteiger partial charge < -0.3 is 24.8 Å². The van der Waals surface area contributed by atoms with Crippen molar-refractivity contribution in [3.63, 3.8) is 0 Å². The van der Waals surface area contributed by atoms with Gasteiger partial charge in [-0.2, -0.15) is 0 Å². The standard InChI is InChI=1S/C29H32N6O/c1-33-12-14-34(15-13-33)25-5-2-4-23(20-25)31-29-30-21-27-26(6-3-7-28(27)32-29)22-8-10-24(11-9-22)35-16-18-36-19-17-35/h2-11,20-21H,12-19H2,1H3,(H,30,31,32). The Morgan fingerprint density at radius 2 is 1.53 bits per heavy atom. The van der Waals surface area contributed by atoms with E-state index < -0.39 is 0 Å². The first-order chi connectivity index (χ1) is 17.7. The zero-order chi connectivity index (χ0) is 24.3. The molecule has 7 heteroatoms. The third kappa shape index (κ3) is 4.85. The molecule has 2 aliphatic rings. The Balaban J connectivity index is 1.21. The smallest absolute Gasteiger partial charge is 0.227 e. The van der Waals surface area contributed by atoms with Crippen LogP contribution in [0.4, 0.5) is 23.0 Å². The Labute approximate surface area is 212 Å². The van der Waals surface area contributed by atoms with Crippen LogP contribution in [0.2, 0.25) is 0 Å². The lowest BCUT2D eigenvalue weighted by Crippen LogP contribution is -2.44. The SMILES string of the molecule is CN1CCN(c2cccc(Nc3ncc4c(-c5ccc(N6CCOCC6)cc5)cccc4n3)c2)CC1. The monoisotopic (exact) mass is 480 g/mol. The van der Waals surface area contributed by atoms with Crippen molar-refractivity contribution >= 4 is 33.9 Å². The summed E-state index contributed by atoms with van der Waals surface area (Å²) in [7, 11) is 2.18. The van der Waals surface area contributed by atoms with E-state index in [0.717, 1.165) is 74.6 Å². The van der Waals surface area contributed by atoms with E-state index in [9.17, 15) is 0 Å². The molecule has 0 radical (unpaired) electrons. The van der Waals surface area contributed by atoms with Gasteiger partial charge in [-0.3, -0.25) is 0 Å². The van der Waals surface area contributed by atoms with Crippen LogP contribution in [0.1, 0.15) is 0 Å². The van der Waals surface area contributed by atoms with Crippen molar-refractivity contribution in [3.05, 3.63) is 72.9 Å². The molecule has 2 aliphatic heterocycles. The fourth-order valence-corrected chi connectivity index (χ4v) is 5.01. The minimum atomic E-state index is 0.609. The van der Waals surface area contributed by atoms with Crippen molar-refractivity contribution in [1.29, 1.82) is 0 Å². The molecule has 0 spiro atoms. The largest absolute Gasteiger partial charge is 0.378 e. The molecule has 2 saturated heterocycles. The molecule has 1 aromatic heterocycles. The molecule has 3 heterocycles. The first kappa shape index (κ1) is 22.8. The van der Waals surface area contributed by atoms with Crippen molar-refractivity contribution in [3.8, 4) is 11.1 Å². The van der Waals surface area contributed by atoms with E-state index >= 15 is 0 Å². The highest BCUT2D eigenvalue weighted by Gasteiger charge is 2.15. The molecule has 0 unspecified atom stereocenters. The molecule has 7 nitrogen and oxygen atoms in total. The average molecular weight is 481 g/mol. The van der Waals surface area contributed by atoms with E-state index in [1.165, 1.54) is 16.9 Å². The molecule has 184 valence electrons. The molecule has 4 aromatic rings. The number of nitrogens with zero attached hydrogens (tertiary/aromatic N) is 5. The quantitative estimate of drug-likeness (QED) is 0.447. The summed E-state index contributed by atoms with van der Waals surface area (Å²) in [5.74, 6) is 0.609. The van der Waals surface area contributed by atoms with Gasteiger partial charge in [0.15, 0.2) is 0 Å². The Morgan fingerprint density at radius 3 is 2.33 bits per heavy atom. The van der Waals surface area contributed by atoms with E-state index in [1.54, 1.807) is 0 Å². The lowest BCUT2D eigenvalue weighted by atomic mass is 10.0. The first-order valence-electron chi connectivity index (χ1n) is 12.7. The minimum Gasteiger partial charge on any atom is -0.378 e. The number of hydrogen-bond acceptors (Lipinski definition) is 7. The molecular weight excluding hydrogens is 448 g/mol. The fourth-order valence-electron chi connectivity index (χ4n) is 5.01. The third-order valence-corrected chi connectivity index (χ3v) is 7.15. The van der Waals surface area contributed by atoms with Gasteiger partial charge in [-0.25, -0.2) is 9.97 Å². The number of benzene rings is 3. The van der Waals surface area contributed by atoms with E-state index in [2.05, 4.69) is 98.8 Å². The predicted molar refractivity (Wildman–Crippen MR) is 147 cm³/mol. The maximum absolute atomic E-state index is 5.48. The number of hydrogen-bond donors (Lipinski definition) is 1. The van der Waals surface area contributed by atoms with E-state index in [1.807, 2.05) is 6.20 Å². The Kier molecular flexibility index (Phi) is 6.40. The zero-order valence-corrected chi connectivity index (χ0v) is 20.7. The maximum atomic E-state index is 5.48. The van der Waals surface area contributed by atoms with E-state index in [0.29, 0.717) is 5.95 Å². The van der Waals surface area contributed by atoms with E-state index in [4.69, 9.17) is 9.72 Å². The molecule has 0 amide bonds. The van der Waals surface area contributed by atoms with Crippen LogP contribution in [0.15, 0.2) is 72.9 Å². The Hall–Kier alpha value is -3.68. The number of fused-ring (bicyclic) bond motifs is 1. The van der Waals surface area contributed by atoms with Crippen LogP contribution in [-0.2, 0) is 4.74 Å². The van der Waals surface area contributed by atoms with Gasteiger partial charge >= 0.3 is 0 Å². The second-order valence-electron chi connectivity index (χ2n) is 9.54.